The number of aromatic nitrogens is 1. The van der Waals surface area contributed by atoms with Crippen LogP contribution in [0.15, 0.2) is 5.38 Å². The van der Waals surface area contributed by atoms with Crippen LogP contribution in [0.25, 0.3) is 0 Å². The van der Waals surface area contributed by atoms with Crippen LogP contribution >= 0.6 is 11.3 Å². The van der Waals surface area contributed by atoms with Crippen molar-refractivity contribution < 1.29 is 18.0 Å². The molecule has 0 aliphatic heterocycles. The Balaban J connectivity index is 3.00. The molecule has 1 aromatic heterocycles. The van der Waals surface area contributed by atoms with Crippen LogP contribution in [-0.2, 0) is 6.18 Å². The second-order valence-electron chi connectivity index (χ2n) is 2.09. The molecule has 0 aliphatic carbocycles. The van der Waals surface area contributed by atoms with E-state index in [1.54, 1.807) is 0 Å². The predicted octanol–water partition coefficient (Wildman–Crippen LogP) is 2.36. The average Bonchev–Trinajstić information content (AvgIpc) is 2.30. The van der Waals surface area contributed by atoms with Gasteiger partial charge in [0.2, 0.25) is 0 Å². The lowest BCUT2D eigenvalue weighted by atomic mass is 10.4. The summed E-state index contributed by atoms with van der Waals surface area (Å²) in [5, 5.41) is 0.721. The summed E-state index contributed by atoms with van der Waals surface area (Å²) in [6.45, 7) is 1.18. The molecule has 0 radical (unpaired) electrons. The van der Waals surface area contributed by atoms with Crippen LogP contribution in [0.1, 0.15) is 22.4 Å². The number of Topliss-reactive ketones (excluding diaryl/α,β-unsaturated/α-hetero) is 1. The van der Waals surface area contributed by atoms with Gasteiger partial charge in [-0.25, -0.2) is 4.98 Å². The van der Waals surface area contributed by atoms with Gasteiger partial charge in [-0.3, -0.25) is 4.79 Å². The van der Waals surface area contributed by atoms with Crippen LogP contribution in [0.4, 0.5) is 13.2 Å². The third-order valence-corrected chi connectivity index (χ3v) is 2.04. The van der Waals surface area contributed by atoms with E-state index in [2.05, 4.69) is 4.98 Å². The summed E-state index contributed by atoms with van der Waals surface area (Å²) in [5.41, 5.74) is -1.00. The molecule has 0 bridgehead atoms. The number of hydrogen-bond donors (Lipinski definition) is 0. The van der Waals surface area contributed by atoms with E-state index in [1.807, 2.05) is 0 Å². The molecule has 0 fully saturated rings. The van der Waals surface area contributed by atoms with Crippen molar-refractivity contribution in [2.45, 2.75) is 13.1 Å². The molecule has 0 aromatic carbocycles. The monoisotopic (exact) mass is 195 g/mol. The van der Waals surface area contributed by atoms with E-state index in [4.69, 9.17) is 0 Å². The first-order valence-corrected chi connectivity index (χ1v) is 3.83. The number of carbonyl (C=O) groups is 1. The van der Waals surface area contributed by atoms with Crippen molar-refractivity contribution in [1.29, 1.82) is 0 Å². The second kappa shape index (κ2) is 2.85. The van der Waals surface area contributed by atoms with Gasteiger partial charge in [-0.05, 0) is 0 Å². The Morgan fingerprint density at radius 1 is 1.58 bits per heavy atom. The number of thiazole rings is 1. The number of carbonyl (C=O) groups excluding carboxylic acids is 1. The van der Waals surface area contributed by atoms with E-state index in [0.29, 0.717) is 11.3 Å². The zero-order valence-corrected chi connectivity index (χ0v) is 6.79. The highest BCUT2D eigenvalue weighted by Gasteiger charge is 2.33. The van der Waals surface area contributed by atoms with Crippen molar-refractivity contribution in [2.24, 2.45) is 0 Å². The van der Waals surface area contributed by atoms with E-state index in [0.717, 1.165) is 5.38 Å². The minimum absolute atomic E-state index is 0.109. The van der Waals surface area contributed by atoms with E-state index in [1.165, 1.54) is 6.92 Å². The van der Waals surface area contributed by atoms with Gasteiger partial charge < -0.3 is 0 Å². The first kappa shape index (κ1) is 9.18. The number of alkyl halides is 3. The average molecular weight is 195 g/mol. The summed E-state index contributed by atoms with van der Waals surface area (Å²) in [4.78, 5) is 13.7. The van der Waals surface area contributed by atoms with E-state index in [9.17, 15) is 18.0 Å². The van der Waals surface area contributed by atoms with Crippen LogP contribution in [0.2, 0.25) is 0 Å². The molecule has 0 amide bonds. The van der Waals surface area contributed by atoms with Gasteiger partial charge in [0.05, 0.1) is 0 Å². The first-order chi connectivity index (χ1) is 5.41. The summed E-state index contributed by atoms with van der Waals surface area (Å²) < 4.78 is 35.7. The SMILES string of the molecule is CC(=O)c1nc(C(F)(F)F)cs1. The van der Waals surface area contributed by atoms with Gasteiger partial charge in [0.1, 0.15) is 0 Å². The maximum atomic E-state index is 11.9. The minimum Gasteiger partial charge on any atom is -0.292 e. The third kappa shape index (κ3) is 1.82. The molecule has 66 valence electrons. The Bertz CT molecular complexity index is 304. The van der Waals surface area contributed by atoms with Gasteiger partial charge >= 0.3 is 6.18 Å². The van der Waals surface area contributed by atoms with Gasteiger partial charge in [0.25, 0.3) is 0 Å². The Morgan fingerprint density at radius 2 is 2.17 bits per heavy atom. The fourth-order valence-corrected chi connectivity index (χ4v) is 1.29. The van der Waals surface area contributed by atoms with Crippen LogP contribution in [0.5, 0.6) is 0 Å². The van der Waals surface area contributed by atoms with Crippen molar-refractivity contribution in [2.75, 3.05) is 0 Å². The standard InChI is InChI=1S/C6H4F3NOS/c1-3(11)5-10-4(2-12-5)6(7,8)9/h2H,1H3. The molecule has 2 nitrogen and oxygen atoms in total. The quantitative estimate of drug-likeness (QED) is 0.644. The van der Waals surface area contributed by atoms with Crippen molar-refractivity contribution in [3.63, 3.8) is 0 Å². The Kier molecular flexibility index (Phi) is 2.18. The summed E-state index contributed by atoms with van der Waals surface area (Å²) in [7, 11) is 0. The van der Waals surface area contributed by atoms with Crippen molar-refractivity contribution in [3.05, 3.63) is 16.1 Å². The van der Waals surface area contributed by atoms with Gasteiger partial charge in [-0.15, -0.1) is 11.3 Å². The zero-order valence-electron chi connectivity index (χ0n) is 5.97. The lowest BCUT2D eigenvalue weighted by molar-refractivity contribution is -0.140. The van der Waals surface area contributed by atoms with Crippen LogP contribution in [0, 0.1) is 0 Å². The molecule has 0 spiro atoms. The molecule has 0 N–H and O–H groups in total. The lowest BCUT2D eigenvalue weighted by Gasteiger charge is -1.99. The molecule has 0 saturated carbocycles. The molecule has 1 heterocycles. The van der Waals surface area contributed by atoms with Gasteiger partial charge in [-0.2, -0.15) is 13.2 Å². The predicted molar refractivity (Wildman–Crippen MR) is 37.1 cm³/mol. The van der Waals surface area contributed by atoms with Crippen LogP contribution < -0.4 is 0 Å². The van der Waals surface area contributed by atoms with Crippen molar-refractivity contribution in [1.82, 2.24) is 4.98 Å². The second-order valence-corrected chi connectivity index (χ2v) is 2.95. The summed E-state index contributed by atoms with van der Waals surface area (Å²) >= 11 is 0.704. The Labute approximate surface area is 70.0 Å². The van der Waals surface area contributed by atoms with Crippen LogP contribution in [0.3, 0.4) is 0 Å². The molecule has 0 atom stereocenters. The highest BCUT2D eigenvalue weighted by Crippen LogP contribution is 2.29. The van der Waals surface area contributed by atoms with E-state index in [-0.39, 0.29) is 5.01 Å². The lowest BCUT2D eigenvalue weighted by Crippen LogP contribution is -2.05. The summed E-state index contributed by atoms with van der Waals surface area (Å²) in [6, 6.07) is 0. The number of hydrogen-bond acceptors (Lipinski definition) is 3. The van der Waals surface area contributed by atoms with Crippen LogP contribution in [-0.4, -0.2) is 10.8 Å². The molecule has 0 unspecified atom stereocenters. The van der Waals surface area contributed by atoms with Gasteiger partial charge in [0.15, 0.2) is 16.5 Å². The maximum Gasteiger partial charge on any atom is 0.434 e. The summed E-state index contributed by atoms with van der Waals surface area (Å²) in [6.07, 6.45) is -4.45. The van der Waals surface area contributed by atoms with Gasteiger partial charge in [0, 0.05) is 12.3 Å². The zero-order chi connectivity index (χ0) is 9.35. The highest BCUT2D eigenvalue weighted by atomic mass is 32.1. The summed E-state index contributed by atoms with van der Waals surface area (Å²) in [5.74, 6) is -0.449. The highest BCUT2D eigenvalue weighted by molar-refractivity contribution is 7.11. The number of rotatable bonds is 1. The molecule has 0 aliphatic rings. The van der Waals surface area contributed by atoms with E-state index < -0.39 is 17.7 Å². The normalized spacial score (nSPS) is 11.7. The van der Waals surface area contributed by atoms with Crippen molar-refractivity contribution in [3.8, 4) is 0 Å². The molecule has 12 heavy (non-hydrogen) atoms. The number of nitrogens with zero attached hydrogens (tertiary/aromatic N) is 1. The Morgan fingerprint density at radius 3 is 2.42 bits per heavy atom. The van der Waals surface area contributed by atoms with E-state index >= 15 is 0 Å². The van der Waals surface area contributed by atoms with Crippen molar-refractivity contribution >= 4 is 17.1 Å². The molecule has 0 saturated heterocycles. The molecule has 1 aromatic rings. The Hall–Kier alpha value is -0.910. The third-order valence-electron chi connectivity index (χ3n) is 1.10. The fraction of sp³-hybridized carbons (Fsp3) is 0.333. The first-order valence-electron chi connectivity index (χ1n) is 2.95. The number of halogens is 3. The van der Waals surface area contributed by atoms with Gasteiger partial charge in [-0.1, -0.05) is 0 Å². The maximum absolute atomic E-state index is 11.9. The minimum atomic E-state index is -4.45. The molecule has 6 heteroatoms. The largest absolute Gasteiger partial charge is 0.434 e. The number of ketones is 1. The molecular weight excluding hydrogens is 191 g/mol. The topological polar surface area (TPSA) is 30.0 Å². The fourth-order valence-electron chi connectivity index (χ4n) is 0.566. The molecule has 1 rings (SSSR count). The smallest absolute Gasteiger partial charge is 0.292 e. The molecular formula is C6H4F3NOS.